The lowest BCUT2D eigenvalue weighted by Gasteiger charge is -2.14. The van der Waals surface area contributed by atoms with Crippen LogP contribution >= 0.6 is 11.8 Å². The highest BCUT2D eigenvalue weighted by Gasteiger charge is 2.31. The number of amides is 1. The van der Waals surface area contributed by atoms with E-state index in [9.17, 15) is 18.0 Å². The topological polar surface area (TPSA) is 55.1 Å². The first-order chi connectivity index (χ1) is 6.38. The molecule has 0 saturated heterocycles. The van der Waals surface area contributed by atoms with Crippen molar-refractivity contribution in [1.82, 2.24) is 5.32 Å². The first-order valence-electron chi connectivity index (χ1n) is 3.58. The zero-order valence-electron chi connectivity index (χ0n) is 6.89. The molecule has 0 aliphatic carbocycles. The average molecular weight is 224 g/mol. The Kier molecular flexibility index (Phi) is 3.10. The fraction of sp³-hybridized carbons (Fsp3) is 0.286. The number of carbonyl (C=O) groups is 1. The molecule has 3 nitrogen and oxygen atoms in total. The third kappa shape index (κ3) is 3.33. The van der Waals surface area contributed by atoms with Gasteiger partial charge in [0.15, 0.2) is 0 Å². The summed E-state index contributed by atoms with van der Waals surface area (Å²) in [6.07, 6.45) is 2.42. The monoisotopic (exact) mass is 224 g/mol. The van der Waals surface area contributed by atoms with Gasteiger partial charge in [-0.15, -0.1) is 0 Å². The number of nitrogens with two attached hydrogens (primary N) is 1. The van der Waals surface area contributed by atoms with Gasteiger partial charge in [-0.1, -0.05) is 0 Å². The van der Waals surface area contributed by atoms with Gasteiger partial charge in [0.05, 0.1) is 0 Å². The Balaban J connectivity index is 2.60. The minimum atomic E-state index is -4.34. The molecule has 0 unspecified atom stereocenters. The van der Waals surface area contributed by atoms with Gasteiger partial charge in [-0.05, 0) is 11.8 Å². The summed E-state index contributed by atoms with van der Waals surface area (Å²) in [5.74, 6) is -0.717. The highest BCUT2D eigenvalue weighted by molar-refractivity contribution is 8.03. The van der Waals surface area contributed by atoms with Gasteiger partial charge in [-0.2, -0.15) is 13.2 Å². The maximum absolute atomic E-state index is 11.9. The van der Waals surface area contributed by atoms with Gasteiger partial charge >= 0.3 is 5.51 Å². The molecule has 0 saturated carbocycles. The fourth-order valence-corrected chi connectivity index (χ4v) is 1.55. The van der Waals surface area contributed by atoms with Crippen molar-refractivity contribution in [3.8, 4) is 0 Å². The largest absolute Gasteiger partial charge is 0.446 e. The highest BCUT2D eigenvalue weighted by Crippen LogP contribution is 2.39. The molecule has 1 amide bonds. The van der Waals surface area contributed by atoms with E-state index in [1.807, 2.05) is 0 Å². The zero-order chi connectivity index (χ0) is 10.8. The van der Waals surface area contributed by atoms with Crippen LogP contribution < -0.4 is 11.1 Å². The minimum absolute atomic E-state index is 0.0220. The van der Waals surface area contributed by atoms with Crippen LogP contribution in [0, 0.1) is 0 Å². The zero-order valence-corrected chi connectivity index (χ0v) is 7.71. The van der Waals surface area contributed by atoms with Crippen LogP contribution in [-0.2, 0) is 4.79 Å². The van der Waals surface area contributed by atoms with Crippen LogP contribution in [0.15, 0.2) is 22.9 Å². The van der Waals surface area contributed by atoms with Gasteiger partial charge in [0.2, 0.25) is 5.91 Å². The number of halogens is 3. The van der Waals surface area contributed by atoms with Gasteiger partial charge in [0.1, 0.15) is 0 Å². The van der Waals surface area contributed by atoms with Crippen molar-refractivity contribution in [2.45, 2.75) is 11.9 Å². The van der Waals surface area contributed by atoms with Gasteiger partial charge < -0.3 is 11.1 Å². The van der Waals surface area contributed by atoms with E-state index in [0.29, 0.717) is 0 Å². The van der Waals surface area contributed by atoms with E-state index in [1.54, 1.807) is 0 Å². The van der Waals surface area contributed by atoms with Crippen molar-refractivity contribution in [2.75, 3.05) is 0 Å². The molecule has 1 rings (SSSR count). The minimum Gasteiger partial charge on any atom is -0.366 e. The Morgan fingerprint density at radius 3 is 2.64 bits per heavy atom. The summed E-state index contributed by atoms with van der Waals surface area (Å²) in [5, 5.41) is 2.44. The number of nitrogens with one attached hydrogen (secondary N) is 1. The Bertz CT molecular complexity index is 309. The maximum atomic E-state index is 11.9. The summed E-state index contributed by atoms with van der Waals surface area (Å²) in [6.45, 7) is 0. The second-order valence-corrected chi connectivity index (χ2v) is 3.73. The molecule has 1 aliphatic rings. The number of rotatable bonds is 2. The number of hydrogen-bond donors (Lipinski definition) is 2. The van der Waals surface area contributed by atoms with E-state index in [4.69, 9.17) is 5.73 Å². The van der Waals surface area contributed by atoms with E-state index in [-0.39, 0.29) is 28.7 Å². The van der Waals surface area contributed by atoms with Crippen molar-refractivity contribution in [3.05, 3.63) is 22.9 Å². The molecule has 0 radical (unpaired) electrons. The number of hydrogen-bond acceptors (Lipinski definition) is 3. The number of allylic oxidation sites excluding steroid dienone is 1. The van der Waals surface area contributed by atoms with E-state index in [2.05, 4.69) is 5.32 Å². The summed E-state index contributed by atoms with van der Waals surface area (Å²) in [6, 6.07) is 0. The van der Waals surface area contributed by atoms with Gasteiger partial charge in [-0.3, -0.25) is 4.79 Å². The van der Waals surface area contributed by atoms with Crippen LogP contribution in [0.25, 0.3) is 0 Å². The van der Waals surface area contributed by atoms with E-state index < -0.39 is 11.4 Å². The summed E-state index contributed by atoms with van der Waals surface area (Å²) in [5.41, 5.74) is 0.727. The Labute approximate surface area is 82.2 Å². The van der Waals surface area contributed by atoms with Crippen molar-refractivity contribution in [2.24, 2.45) is 5.73 Å². The summed E-state index contributed by atoms with van der Waals surface area (Å²) in [4.78, 5) is 10.7. The van der Waals surface area contributed by atoms with Crippen LogP contribution in [0.4, 0.5) is 13.2 Å². The third-order valence-corrected chi connectivity index (χ3v) is 2.19. The average Bonchev–Trinajstić information content (AvgIpc) is 2.01. The molecule has 14 heavy (non-hydrogen) atoms. The first-order valence-corrected chi connectivity index (χ1v) is 4.40. The molecule has 3 N–H and O–H groups in total. The standard InChI is InChI=1S/C7H7F3N2OS/c8-7(9,10)14-5-1-4(6(11)13)2-12-3-5/h2-3,12H,1H2,(H2,11,13). The molecule has 0 fully saturated rings. The second-order valence-electron chi connectivity index (χ2n) is 2.54. The second kappa shape index (κ2) is 3.95. The van der Waals surface area contributed by atoms with Crippen molar-refractivity contribution in [1.29, 1.82) is 0 Å². The molecule has 7 heteroatoms. The van der Waals surface area contributed by atoms with Gasteiger partial charge in [-0.25, -0.2) is 0 Å². The quantitative estimate of drug-likeness (QED) is 0.746. The number of dihydropyridines is 1. The lowest BCUT2D eigenvalue weighted by atomic mass is 10.1. The van der Waals surface area contributed by atoms with Crippen LogP contribution in [-0.4, -0.2) is 11.4 Å². The molecule has 0 atom stereocenters. The van der Waals surface area contributed by atoms with Crippen LogP contribution in [0.2, 0.25) is 0 Å². The number of carbonyl (C=O) groups excluding carboxylic acids is 1. The number of thioether (sulfide) groups is 1. The van der Waals surface area contributed by atoms with E-state index in [0.717, 1.165) is 0 Å². The predicted molar refractivity (Wildman–Crippen MR) is 46.8 cm³/mol. The molecule has 1 aliphatic heterocycles. The van der Waals surface area contributed by atoms with Crippen molar-refractivity contribution in [3.63, 3.8) is 0 Å². The molecular weight excluding hydrogens is 217 g/mol. The van der Waals surface area contributed by atoms with Crippen LogP contribution in [0.5, 0.6) is 0 Å². The molecular formula is C7H7F3N2OS. The van der Waals surface area contributed by atoms with E-state index >= 15 is 0 Å². The molecule has 78 valence electrons. The molecule has 1 heterocycles. The maximum Gasteiger partial charge on any atom is 0.446 e. The summed E-state index contributed by atoms with van der Waals surface area (Å²) in [7, 11) is 0. The predicted octanol–water partition coefficient (Wildman–Crippen LogP) is 1.44. The van der Waals surface area contributed by atoms with Gasteiger partial charge in [0, 0.05) is 29.3 Å². The number of primary amides is 1. The third-order valence-electron chi connectivity index (χ3n) is 1.43. The fourth-order valence-electron chi connectivity index (χ4n) is 0.897. The van der Waals surface area contributed by atoms with Crippen molar-refractivity contribution < 1.29 is 18.0 Å². The molecule has 0 aromatic rings. The van der Waals surface area contributed by atoms with E-state index in [1.165, 1.54) is 12.4 Å². The lowest BCUT2D eigenvalue weighted by molar-refractivity contribution is -0.114. The molecule has 0 bridgehead atoms. The SMILES string of the molecule is NC(=O)C1=CNC=C(SC(F)(F)F)C1. The number of alkyl halides is 3. The van der Waals surface area contributed by atoms with Crippen LogP contribution in [0.3, 0.4) is 0 Å². The molecule has 0 aromatic heterocycles. The van der Waals surface area contributed by atoms with Crippen LogP contribution in [0.1, 0.15) is 6.42 Å². The first kappa shape index (κ1) is 11.0. The lowest BCUT2D eigenvalue weighted by Crippen LogP contribution is -2.19. The Hall–Kier alpha value is -1.11. The normalized spacial score (nSPS) is 16.8. The smallest absolute Gasteiger partial charge is 0.366 e. The van der Waals surface area contributed by atoms with Crippen molar-refractivity contribution >= 4 is 17.7 Å². The summed E-state index contributed by atoms with van der Waals surface area (Å²) >= 11 is -0.251. The van der Waals surface area contributed by atoms with Gasteiger partial charge in [0.25, 0.3) is 0 Å². The summed E-state index contributed by atoms with van der Waals surface area (Å²) < 4.78 is 35.8. The molecule has 0 aromatic carbocycles. The highest BCUT2D eigenvalue weighted by atomic mass is 32.2. The Morgan fingerprint density at radius 1 is 1.50 bits per heavy atom. The Morgan fingerprint density at radius 2 is 2.14 bits per heavy atom. The molecule has 0 spiro atoms.